The number of aromatic nitrogens is 6. The van der Waals surface area contributed by atoms with Gasteiger partial charge in [-0.05, 0) is 35.9 Å². The van der Waals surface area contributed by atoms with Crippen molar-refractivity contribution in [3.8, 4) is 11.7 Å². The van der Waals surface area contributed by atoms with Gasteiger partial charge < -0.3 is 15.4 Å². The highest BCUT2D eigenvalue weighted by molar-refractivity contribution is 5.58. The summed E-state index contributed by atoms with van der Waals surface area (Å²) in [5.74, 6) is -0.449. The third kappa shape index (κ3) is 6.35. The van der Waals surface area contributed by atoms with Crippen molar-refractivity contribution in [3.63, 3.8) is 0 Å². The van der Waals surface area contributed by atoms with Crippen molar-refractivity contribution in [2.75, 3.05) is 17.2 Å². The summed E-state index contributed by atoms with van der Waals surface area (Å²) in [7, 11) is 0. The van der Waals surface area contributed by atoms with E-state index in [2.05, 4.69) is 35.8 Å². The number of rotatable bonds is 8. The van der Waals surface area contributed by atoms with E-state index in [0.717, 1.165) is 5.69 Å². The first-order chi connectivity index (χ1) is 15.8. The quantitative estimate of drug-likeness (QED) is 0.382. The number of alkyl halides is 3. The zero-order valence-electron chi connectivity index (χ0n) is 16.8. The van der Waals surface area contributed by atoms with Crippen LogP contribution in [0, 0.1) is 5.82 Å². The molecule has 4 aromatic rings. The number of ether oxygens (including phenoxy) is 1. The van der Waals surface area contributed by atoms with E-state index < -0.39 is 18.8 Å². The molecule has 2 aromatic heterocycles. The van der Waals surface area contributed by atoms with Gasteiger partial charge in [-0.2, -0.15) is 28.1 Å². The zero-order valence-corrected chi connectivity index (χ0v) is 16.8. The molecule has 2 N–H and O–H groups in total. The van der Waals surface area contributed by atoms with Crippen LogP contribution in [-0.2, 0) is 6.54 Å². The second-order valence-electron chi connectivity index (χ2n) is 6.69. The second kappa shape index (κ2) is 9.46. The lowest BCUT2D eigenvalue weighted by Crippen LogP contribution is -2.21. The molecule has 0 spiro atoms. The smallest absolute Gasteiger partial charge is 0.422 e. The molecule has 2 heterocycles. The Kier molecular flexibility index (Phi) is 6.29. The highest BCUT2D eigenvalue weighted by atomic mass is 19.4. The molecule has 9 nitrogen and oxygen atoms in total. The topological polar surface area (TPSA) is 103 Å². The first-order valence-electron chi connectivity index (χ1n) is 9.50. The number of nitrogens with zero attached hydrogens (tertiary/aromatic N) is 6. The minimum atomic E-state index is -4.56. The Hall–Kier alpha value is -4.29. The molecule has 0 bridgehead atoms. The lowest BCUT2D eigenvalue weighted by atomic mass is 10.2. The van der Waals surface area contributed by atoms with Crippen molar-refractivity contribution >= 4 is 17.6 Å². The Morgan fingerprint density at radius 1 is 0.909 bits per heavy atom. The molecule has 0 amide bonds. The maximum absolute atomic E-state index is 13.1. The molecule has 33 heavy (non-hydrogen) atoms. The molecule has 4 rings (SSSR count). The van der Waals surface area contributed by atoms with Crippen LogP contribution in [-0.4, -0.2) is 42.5 Å². The minimum absolute atomic E-state index is 0.0241. The van der Waals surface area contributed by atoms with Gasteiger partial charge in [0.05, 0.1) is 5.69 Å². The van der Waals surface area contributed by atoms with Crippen molar-refractivity contribution in [1.82, 2.24) is 29.7 Å². The summed E-state index contributed by atoms with van der Waals surface area (Å²) >= 11 is 0. The molecule has 0 aliphatic carbocycles. The summed E-state index contributed by atoms with van der Waals surface area (Å²) in [6.07, 6.45) is -1.53. The maximum Gasteiger partial charge on any atom is 0.422 e. The Morgan fingerprint density at radius 2 is 1.64 bits per heavy atom. The summed E-state index contributed by atoms with van der Waals surface area (Å²) in [6, 6.07) is 12.2. The molecule has 0 atom stereocenters. The fraction of sp³-hybridized carbons (Fsp3) is 0.150. The number of hydrogen-bond donors (Lipinski definition) is 2. The van der Waals surface area contributed by atoms with E-state index in [-0.39, 0.29) is 24.3 Å². The van der Waals surface area contributed by atoms with Crippen molar-refractivity contribution in [3.05, 3.63) is 72.6 Å². The first kappa shape index (κ1) is 21.9. The maximum atomic E-state index is 13.1. The summed E-state index contributed by atoms with van der Waals surface area (Å²) in [5.41, 5.74) is 2.01. The van der Waals surface area contributed by atoms with E-state index in [0.29, 0.717) is 11.3 Å². The van der Waals surface area contributed by atoms with Gasteiger partial charge in [0.15, 0.2) is 6.61 Å². The van der Waals surface area contributed by atoms with E-state index in [9.17, 15) is 17.6 Å². The van der Waals surface area contributed by atoms with Crippen molar-refractivity contribution in [2.45, 2.75) is 12.7 Å². The Labute approximate surface area is 184 Å². The van der Waals surface area contributed by atoms with Crippen LogP contribution in [0.1, 0.15) is 5.56 Å². The molecule has 2 aromatic carbocycles. The average Bonchev–Trinajstić information content (AvgIpc) is 3.32. The largest absolute Gasteiger partial charge is 0.454 e. The van der Waals surface area contributed by atoms with Gasteiger partial charge >= 0.3 is 12.2 Å². The average molecular weight is 460 g/mol. The predicted molar refractivity (Wildman–Crippen MR) is 110 cm³/mol. The van der Waals surface area contributed by atoms with E-state index in [1.807, 2.05) is 6.07 Å². The van der Waals surface area contributed by atoms with Crippen molar-refractivity contribution < 1.29 is 22.3 Å². The highest BCUT2D eigenvalue weighted by Gasteiger charge is 2.29. The van der Waals surface area contributed by atoms with Gasteiger partial charge in [0.1, 0.15) is 18.5 Å². The minimum Gasteiger partial charge on any atom is -0.454 e. The van der Waals surface area contributed by atoms with Crippen LogP contribution in [0.2, 0.25) is 0 Å². The van der Waals surface area contributed by atoms with E-state index >= 15 is 0 Å². The fourth-order valence-corrected chi connectivity index (χ4v) is 2.69. The van der Waals surface area contributed by atoms with Gasteiger partial charge in [-0.25, -0.2) is 4.39 Å². The van der Waals surface area contributed by atoms with Gasteiger partial charge in [0.25, 0.3) is 0 Å². The van der Waals surface area contributed by atoms with E-state index in [4.69, 9.17) is 4.74 Å². The number of benzene rings is 2. The molecule has 0 aliphatic heterocycles. The molecule has 0 fully saturated rings. The lowest BCUT2D eigenvalue weighted by Gasteiger charge is -2.12. The summed E-state index contributed by atoms with van der Waals surface area (Å²) in [4.78, 5) is 12.0. The summed E-state index contributed by atoms with van der Waals surface area (Å²) in [6.45, 7) is -1.36. The highest BCUT2D eigenvalue weighted by Crippen LogP contribution is 2.21. The molecule has 0 saturated heterocycles. The summed E-state index contributed by atoms with van der Waals surface area (Å²) in [5, 5.41) is 13.3. The zero-order chi connectivity index (χ0) is 23.3. The Balaban J connectivity index is 1.55. The standard InChI is InChI=1S/C20H16F4N8O/c21-14-6-4-13(5-7-14)9-25-17-29-18(31-19(30-17)33-10-20(22,23)24)28-15-2-1-3-16(8-15)32-11-26-27-12-32/h1-8,11-12H,9-10H2,(H2,25,28,29,30,31). The van der Waals surface area contributed by atoms with Gasteiger partial charge in [0, 0.05) is 12.2 Å². The molecular formula is C20H16F4N8O. The van der Waals surface area contributed by atoms with Crippen LogP contribution in [0.4, 0.5) is 35.1 Å². The predicted octanol–water partition coefficient (Wildman–Crippen LogP) is 3.89. The monoisotopic (exact) mass is 460 g/mol. The van der Waals surface area contributed by atoms with Crippen molar-refractivity contribution in [2.24, 2.45) is 0 Å². The van der Waals surface area contributed by atoms with Crippen LogP contribution in [0.3, 0.4) is 0 Å². The Morgan fingerprint density at radius 3 is 2.36 bits per heavy atom. The molecule has 0 radical (unpaired) electrons. The molecule has 170 valence electrons. The number of hydrogen-bond acceptors (Lipinski definition) is 8. The third-order valence-electron chi connectivity index (χ3n) is 4.16. The van der Waals surface area contributed by atoms with Crippen LogP contribution >= 0.6 is 0 Å². The molecule has 0 saturated carbocycles. The van der Waals surface area contributed by atoms with Gasteiger partial charge in [-0.15, -0.1) is 10.2 Å². The summed E-state index contributed by atoms with van der Waals surface area (Å²) < 4.78 is 57.3. The Bertz CT molecular complexity index is 1200. The number of anilines is 3. The second-order valence-corrected chi connectivity index (χ2v) is 6.69. The van der Waals surface area contributed by atoms with Crippen LogP contribution < -0.4 is 15.4 Å². The SMILES string of the molecule is Fc1ccc(CNc2nc(Nc3cccc(-n4cnnc4)c3)nc(OCC(F)(F)F)n2)cc1. The van der Waals surface area contributed by atoms with Crippen molar-refractivity contribution in [1.29, 1.82) is 0 Å². The van der Waals surface area contributed by atoms with Crippen LogP contribution in [0.15, 0.2) is 61.2 Å². The van der Waals surface area contributed by atoms with Gasteiger partial charge in [-0.3, -0.25) is 4.57 Å². The molecule has 0 unspecified atom stereocenters. The van der Waals surface area contributed by atoms with Crippen LogP contribution in [0.5, 0.6) is 6.01 Å². The number of nitrogens with one attached hydrogen (secondary N) is 2. The van der Waals surface area contributed by atoms with Gasteiger partial charge in [-0.1, -0.05) is 18.2 Å². The fourth-order valence-electron chi connectivity index (χ4n) is 2.69. The van der Waals surface area contributed by atoms with E-state index in [1.54, 1.807) is 34.9 Å². The van der Waals surface area contributed by atoms with Crippen LogP contribution in [0.25, 0.3) is 5.69 Å². The lowest BCUT2D eigenvalue weighted by molar-refractivity contribution is -0.154. The number of halogens is 4. The molecule has 13 heteroatoms. The molecule has 0 aliphatic rings. The normalized spacial score (nSPS) is 11.3. The third-order valence-corrected chi connectivity index (χ3v) is 4.16. The molecular weight excluding hydrogens is 444 g/mol. The van der Waals surface area contributed by atoms with Gasteiger partial charge in [0.2, 0.25) is 11.9 Å². The first-order valence-corrected chi connectivity index (χ1v) is 9.50. The van der Waals surface area contributed by atoms with E-state index in [1.165, 1.54) is 24.8 Å².